The summed E-state index contributed by atoms with van der Waals surface area (Å²) in [7, 11) is 0. The number of anilines is 2. The van der Waals surface area contributed by atoms with E-state index >= 15 is 0 Å². The molecular formula is C88H82N4+2. The van der Waals surface area contributed by atoms with Gasteiger partial charge in [0.25, 0.3) is 0 Å². The predicted molar refractivity (Wildman–Crippen MR) is 389 cm³/mol. The van der Waals surface area contributed by atoms with Gasteiger partial charge in [-0.1, -0.05) is 222 Å². The number of nitrogens with zero attached hydrogens (tertiary/aromatic N) is 4. The Balaban J connectivity index is 0.000000170. The number of fused-ring (bicyclic) bond motifs is 6. The highest BCUT2D eigenvalue weighted by atomic mass is 15.1. The number of aryl methyl sites for hydroxylation is 2. The van der Waals surface area contributed by atoms with Gasteiger partial charge in [-0.2, -0.15) is 9.13 Å². The van der Waals surface area contributed by atoms with Crippen molar-refractivity contribution in [1.29, 1.82) is 0 Å². The van der Waals surface area contributed by atoms with Crippen LogP contribution in [0.25, 0.3) is 111 Å². The SMILES string of the molecule is CCCCCN1CCCc2cc(-c3cc4c(c5ccccc35)N(CCCCC)CCC4)c3ccccc3c21.c1ccc(-c2cc(-c3ccccc3)[n+](-c3ccc(-[n+]4c(-c5ccccc5)cc(-c5ccccc5)cc4-c4ccccc4)cc3)c(-c3ccccc3)c2)cc1. The molecule has 4 nitrogen and oxygen atoms in total. The number of aromatic nitrogens is 2. The normalized spacial score (nSPS) is 12.7. The Bertz CT molecular complexity index is 4210. The molecule has 92 heavy (non-hydrogen) atoms. The van der Waals surface area contributed by atoms with E-state index in [1.807, 2.05) is 0 Å². The van der Waals surface area contributed by atoms with Crippen molar-refractivity contribution in [2.45, 2.75) is 78.1 Å². The highest BCUT2D eigenvalue weighted by Gasteiger charge is 2.30. The molecule has 0 bridgehead atoms. The zero-order valence-corrected chi connectivity index (χ0v) is 53.4. The third-order valence-corrected chi connectivity index (χ3v) is 18.9. The third kappa shape index (κ3) is 12.4. The van der Waals surface area contributed by atoms with Crippen LogP contribution >= 0.6 is 0 Å². The molecule has 2 aromatic heterocycles. The van der Waals surface area contributed by atoms with E-state index in [-0.39, 0.29) is 0 Å². The van der Waals surface area contributed by atoms with E-state index in [0.29, 0.717) is 0 Å². The molecular weight excluding hydrogens is 1110 g/mol. The first kappa shape index (κ1) is 59.5. The first-order valence-electron chi connectivity index (χ1n) is 33.8. The average Bonchev–Trinajstić information content (AvgIpc) is 0.775. The van der Waals surface area contributed by atoms with Gasteiger partial charge in [0.2, 0.25) is 34.2 Å². The summed E-state index contributed by atoms with van der Waals surface area (Å²) in [5.74, 6) is 0. The Morgan fingerprint density at radius 2 is 0.565 bits per heavy atom. The summed E-state index contributed by atoms with van der Waals surface area (Å²) in [6.07, 6.45) is 12.7. The molecule has 0 N–H and O–H groups in total. The van der Waals surface area contributed by atoms with Crippen LogP contribution in [0.15, 0.2) is 291 Å². The smallest absolute Gasteiger partial charge is 0.219 e. The van der Waals surface area contributed by atoms with Gasteiger partial charge in [-0.3, -0.25) is 0 Å². The van der Waals surface area contributed by atoms with Gasteiger partial charge in [0, 0.05) is 119 Å². The van der Waals surface area contributed by atoms with E-state index in [1.54, 1.807) is 11.1 Å². The van der Waals surface area contributed by atoms with Crippen molar-refractivity contribution in [2.24, 2.45) is 0 Å². The molecule has 4 heterocycles. The minimum atomic E-state index is 1.08. The fraction of sp³-hybridized carbons (Fsp3) is 0.182. The quantitative estimate of drug-likeness (QED) is 0.0666. The molecule has 0 amide bonds. The molecule has 11 aromatic carbocycles. The summed E-state index contributed by atoms with van der Waals surface area (Å²) in [6.45, 7) is 9.35. The number of hydrogen-bond acceptors (Lipinski definition) is 2. The van der Waals surface area contributed by atoms with Crippen LogP contribution in [0, 0.1) is 0 Å². The van der Waals surface area contributed by atoms with E-state index in [0.717, 1.165) is 56.4 Å². The second kappa shape index (κ2) is 27.9. The molecule has 0 radical (unpaired) electrons. The second-order valence-electron chi connectivity index (χ2n) is 25.0. The number of unbranched alkanes of at least 4 members (excludes halogenated alkanes) is 4. The lowest BCUT2D eigenvalue weighted by molar-refractivity contribution is -0.576. The molecule has 0 saturated carbocycles. The Morgan fingerprint density at radius 3 is 0.870 bits per heavy atom. The van der Waals surface area contributed by atoms with Crippen molar-refractivity contribution < 1.29 is 9.13 Å². The van der Waals surface area contributed by atoms with Crippen LogP contribution < -0.4 is 18.9 Å². The molecule has 0 saturated heterocycles. The monoisotopic (exact) mass is 1190 g/mol. The molecule has 4 heteroatoms. The van der Waals surface area contributed by atoms with E-state index in [9.17, 15) is 0 Å². The lowest BCUT2D eigenvalue weighted by atomic mass is 9.85. The van der Waals surface area contributed by atoms with E-state index in [1.165, 1.54) is 157 Å². The number of benzene rings is 11. The topological polar surface area (TPSA) is 14.2 Å². The highest BCUT2D eigenvalue weighted by molar-refractivity contribution is 6.13. The molecule has 2 aliphatic heterocycles. The Kier molecular flexibility index (Phi) is 18.0. The van der Waals surface area contributed by atoms with Gasteiger partial charge >= 0.3 is 0 Å². The van der Waals surface area contributed by atoms with Crippen molar-refractivity contribution in [3.05, 3.63) is 302 Å². The highest BCUT2D eigenvalue weighted by Crippen LogP contribution is 2.46. The van der Waals surface area contributed by atoms with Crippen LogP contribution in [0.2, 0.25) is 0 Å². The lowest BCUT2D eigenvalue weighted by Gasteiger charge is -2.35. The van der Waals surface area contributed by atoms with Crippen LogP contribution in [0.5, 0.6) is 0 Å². The average molecular weight is 1200 g/mol. The summed E-state index contributed by atoms with van der Waals surface area (Å²) >= 11 is 0. The van der Waals surface area contributed by atoms with Crippen molar-refractivity contribution in [1.82, 2.24) is 0 Å². The maximum atomic E-state index is 2.69. The molecule has 0 aliphatic carbocycles. The maximum absolute atomic E-state index is 2.69. The Labute approximate surface area is 545 Å². The lowest BCUT2D eigenvalue weighted by Crippen LogP contribution is -2.38. The van der Waals surface area contributed by atoms with Crippen LogP contribution in [0.1, 0.15) is 76.3 Å². The molecule has 0 unspecified atom stereocenters. The van der Waals surface area contributed by atoms with E-state index < -0.39 is 0 Å². The van der Waals surface area contributed by atoms with Gasteiger partial charge < -0.3 is 9.80 Å². The van der Waals surface area contributed by atoms with Gasteiger partial charge in [0.1, 0.15) is 0 Å². The minimum absolute atomic E-state index is 1.08. The van der Waals surface area contributed by atoms with Gasteiger partial charge in [0.05, 0.1) is 0 Å². The molecule has 0 fully saturated rings. The van der Waals surface area contributed by atoms with Gasteiger partial charge in [-0.15, -0.1) is 0 Å². The zero-order chi connectivity index (χ0) is 62.0. The summed E-state index contributed by atoms with van der Waals surface area (Å²) < 4.78 is 4.81. The number of hydrogen-bond donors (Lipinski definition) is 0. The fourth-order valence-corrected chi connectivity index (χ4v) is 14.5. The summed E-state index contributed by atoms with van der Waals surface area (Å²) in [5.41, 5.74) is 25.0. The van der Waals surface area contributed by atoms with Crippen LogP contribution in [-0.2, 0) is 12.8 Å². The van der Waals surface area contributed by atoms with Crippen molar-refractivity contribution in [2.75, 3.05) is 36.0 Å². The fourth-order valence-electron chi connectivity index (χ4n) is 14.5. The second-order valence-corrected chi connectivity index (χ2v) is 25.0. The largest absolute Gasteiger partial charge is 0.371 e. The molecule has 452 valence electrons. The predicted octanol–water partition coefficient (Wildman–Crippen LogP) is 21.8. The summed E-state index contributed by atoms with van der Waals surface area (Å²) in [4.78, 5) is 5.39. The van der Waals surface area contributed by atoms with Crippen molar-refractivity contribution in [3.63, 3.8) is 0 Å². The number of pyridine rings is 2. The molecule has 0 spiro atoms. The standard InChI is InChI=1S/C52H38N2.C36H44N2/c1-7-19-39(20-8-1)45-35-49(41-23-11-3-12-24-41)53(50(36-45)42-25-13-4-14-26-42)47-31-33-48(34-32-47)54-51(43-27-15-5-16-28-43)37-46(40-21-9-2-10-22-40)38-52(54)44-29-17-6-18-30-44;1-3-5-11-21-37-23-13-15-27-25-33(29-17-7-9-19-31(29)35(27)37)34-26-28-16-14-24-38(22-12-6-4-2)36(28)32-20-10-8-18-30(32)34/h1-38H;7-10,17-20,25-26H,3-6,11-16,21-24H2,1-2H3/q+2;. The van der Waals surface area contributed by atoms with E-state index in [4.69, 9.17) is 0 Å². The first-order valence-corrected chi connectivity index (χ1v) is 33.8. The summed E-state index contributed by atoms with van der Waals surface area (Å²) in [6, 6.07) is 106. The number of rotatable bonds is 17. The zero-order valence-electron chi connectivity index (χ0n) is 53.4. The molecule has 15 rings (SSSR count). The van der Waals surface area contributed by atoms with Crippen LogP contribution in [0.4, 0.5) is 11.4 Å². The van der Waals surface area contributed by atoms with E-state index in [2.05, 4.69) is 324 Å². The maximum Gasteiger partial charge on any atom is 0.219 e. The van der Waals surface area contributed by atoms with Gasteiger partial charge in [-0.05, 0) is 154 Å². The summed E-state index contributed by atoms with van der Waals surface area (Å²) in [5, 5.41) is 5.71. The Hall–Kier alpha value is -10.2. The van der Waals surface area contributed by atoms with Gasteiger partial charge in [0.15, 0.2) is 0 Å². The van der Waals surface area contributed by atoms with Crippen LogP contribution in [-0.4, -0.2) is 26.2 Å². The van der Waals surface area contributed by atoms with Crippen molar-refractivity contribution in [3.8, 4) is 89.8 Å². The minimum Gasteiger partial charge on any atom is -0.371 e. The molecule has 13 aromatic rings. The third-order valence-electron chi connectivity index (χ3n) is 18.9. The molecule has 0 atom stereocenters. The Morgan fingerprint density at radius 1 is 0.283 bits per heavy atom. The first-order chi connectivity index (χ1) is 45.6. The van der Waals surface area contributed by atoms with Crippen LogP contribution in [0.3, 0.4) is 0 Å². The van der Waals surface area contributed by atoms with Crippen molar-refractivity contribution >= 4 is 32.9 Å². The molecule has 2 aliphatic rings. The van der Waals surface area contributed by atoms with Gasteiger partial charge in [-0.25, -0.2) is 0 Å².